The van der Waals surface area contributed by atoms with Crippen molar-refractivity contribution in [1.29, 1.82) is 0 Å². The van der Waals surface area contributed by atoms with Gasteiger partial charge < -0.3 is 9.64 Å². The first-order chi connectivity index (χ1) is 15.2. The number of fused-ring (bicyclic) bond motifs is 6. The van der Waals surface area contributed by atoms with E-state index in [1.165, 1.54) is 57.1 Å². The van der Waals surface area contributed by atoms with Gasteiger partial charge in [-0.1, -0.05) is 33.3 Å². The minimum absolute atomic E-state index is 0.0900. The van der Waals surface area contributed by atoms with Crippen molar-refractivity contribution in [1.82, 2.24) is 4.90 Å². The molecule has 0 aromatic heterocycles. The van der Waals surface area contributed by atoms with Crippen molar-refractivity contribution >= 4 is 5.78 Å². The van der Waals surface area contributed by atoms with E-state index >= 15 is 0 Å². The van der Waals surface area contributed by atoms with Gasteiger partial charge in [-0.15, -0.1) is 0 Å². The molecule has 0 aromatic rings. The van der Waals surface area contributed by atoms with Crippen molar-refractivity contribution in [3.63, 3.8) is 0 Å². The number of ketones is 1. The number of allylic oxidation sites excluding steroid dienone is 2. The summed E-state index contributed by atoms with van der Waals surface area (Å²) in [4.78, 5) is 14.9. The Hall–Kier alpha value is -0.670. The van der Waals surface area contributed by atoms with Crippen LogP contribution >= 0.6 is 0 Å². The number of likely N-dealkylation sites (N-methyl/N-ethyl adjacent to an activating group) is 1. The molecule has 0 amide bonds. The van der Waals surface area contributed by atoms with E-state index in [0.29, 0.717) is 34.7 Å². The summed E-state index contributed by atoms with van der Waals surface area (Å²) < 4.78 is 7.31. The fourth-order valence-corrected chi connectivity index (χ4v) is 11.6. The number of carbonyl (C=O) groups excluding carboxylic acids is 1. The van der Waals surface area contributed by atoms with E-state index in [1.54, 1.807) is 0 Å². The van der Waals surface area contributed by atoms with E-state index < -0.39 is 0 Å². The SMILES string of the molecule is C[C@H]1C[C@H]2O[C@]3(CC[C@H]4[C@@H]5CCC6=CC(=O)CC[C@]6(C)[C@H]5CC45CC53C)[C@H](C)[C@@H]2N(C)C1. The molecule has 0 N–H and O–H groups in total. The van der Waals surface area contributed by atoms with Crippen LogP contribution in [-0.2, 0) is 9.53 Å². The molecule has 5 aliphatic carbocycles. The summed E-state index contributed by atoms with van der Waals surface area (Å²) in [5.41, 5.74) is 2.74. The van der Waals surface area contributed by atoms with Crippen LogP contribution in [0.1, 0.15) is 85.5 Å². The summed E-state index contributed by atoms with van der Waals surface area (Å²) >= 11 is 0. The molecule has 7 rings (SSSR count). The van der Waals surface area contributed by atoms with Crippen LogP contribution in [0.25, 0.3) is 0 Å². The van der Waals surface area contributed by atoms with Gasteiger partial charge in [-0.3, -0.25) is 4.79 Å². The molecule has 2 spiro atoms. The lowest BCUT2D eigenvalue weighted by Crippen LogP contribution is -2.53. The topological polar surface area (TPSA) is 29.5 Å². The number of ether oxygens (including phenoxy) is 1. The second kappa shape index (κ2) is 6.11. The largest absolute Gasteiger partial charge is 0.369 e. The molecular weight excluding hydrogens is 394 g/mol. The zero-order chi connectivity index (χ0) is 22.3. The van der Waals surface area contributed by atoms with Crippen LogP contribution in [0.3, 0.4) is 0 Å². The van der Waals surface area contributed by atoms with E-state index in [1.807, 2.05) is 0 Å². The minimum Gasteiger partial charge on any atom is -0.369 e. The Kier molecular flexibility index (Phi) is 3.95. The van der Waals surface area contributed by atoms with Gasteiger partial charge in [-0.2, -0.15) is 0 Å². The first kappa shape index (κ1) is 20.7. The monoisotopic (exact) mass is 437 g/mol. The molecule has 0 radical (unpaired) electrons. The zero-order valence-electron chi connectivity index (χ0n) is 21.0. The van der Waals surface area contributed by atoms with Gasteiger partial charge >= 0.3 is 0 Å². The molecule has 7 aliphatic rings. The average molecular weight is 438 g/mol. The Morgan fingerprint density at radius 2 is 1.91 bits per heavy atom. The van der Waals surface area contributed by atoms with Crippen LogP contribution in [-0.4, -0.2) is 42.0 Å². The van der Waals surface area contributed by atoms with Crippen LogP contribution in [0.15, 0.2) is 11.6 Å². The van der Waals surface area contributed by atoms with E-state index in [2.05, 4.69) is 45.7 Å². The summed E-state index contributed by atoms with van der Waals surface area (Å²) in [7, 11) is 2.35. The molecular formula is C29H43NO2. The van der Waals surface area contributed by atoms with Crippen molar-refractivity contribution < 1.29 is 9.53 Å². The summed E-state index contributed by atoms with van der Waals surface area (Å²) in [6, 6.07) is 0.609. The lowest BCUT2D eigenvalue weighted by atomic mass is 9.56. The van der Waals surface area contributed by atoms with E-state index in [9.17, 15) is 4.79 Å². The number of carbonyl (C=O) groups is 1. The predicted molar refractivity (Wildman–Crippen MR) is 126 cm³/mol. The number of hydrogen-bond donors (Lipinski definition) is 0. The number of likely N-dealkylation sites (tertiary alicyclic amines) is 1. The van der Waals surface area contributed by atoms with Crippen LogP contribution in [0, 0.1) is 45.8 Å². The summed E-state index contributed by atoms with van der Waals surface area (Å²) in [5, 5.41) is 0. The van der Waals surface area contributed by atoms with Crippen LogP contribution in [0.2, 0.25) is 0 Å². The first-order valence-electron chi connectivity index (χ1n) is 13.8. The molecule has 6 fully saturated rings. The van der Waals surface area contributed by atoms with Gasteiger partial charge in [-0.05, 0) is 99.0 Å². The molecule has 2 aliphatic heterocycles. The maximum atomic E-state index is 12.2. The highest BCUT2D eigenvalue weighted by Crippen LogP contribution is 2.87. The predicted octanol–water partition coefficient (Wildman–Crippen LogP) is 5.63. The van der Waals surface area contributed by atoms with Gasteiger partial charge in [0.05, 0.1) is 11.7 Å². The van der Waals surface area contributed by atoms with Crippen molar-refractivity contribution in [2.75, 3.05) is 13.6 Å². The third-order valence-electron chi connectivity index (χ3n) is 13.0. The van der Waals surface area contributed by atoms with Gasteiger partial charge in [0.2, 0.25) is 0 Å². The summed E-state index contributed by atoms with van der Waals surface area (Å²) in [5.74, 6) is 4.33. The zero-order valence-corrected chi connectivity index (χ0v) is 21.0. The second-order valence-corrected chi connectivity index (χ2v) is 14.0. The van der Waals surface area contributed by atoms with Gasteiger partial charge in [0, 0.05) is 30.3 Å². The van der Waals surface area contributed by atoms with Gasteiger partial charge in [-0.25, -0.2) is 0 Å². The molecule has 2 saturated heterocycles. The second-order valence-electron chi connectivity index (χ2n) is 14.0. The van der Waals surface area contributed by atoms with E-state index in [0.717, 1.165) is 36.5 Å². The van der Waals surface area contributed by atoms with E-state index in [4.69, 9.17) is 4.74 Å². The van der Waals surface area contributed by atoms with E-state index in [-0.39, 0.29) is 11.0 Å². The lowest BCUT2D eigenvalue weighted by molar-refractivity contribution is -0.148. The first-order valence-corrected chi connectivity index (χ1v) is 13.8. The highest BCUT2D eigenvalue weighted by atomic mass is 16.5. The van der Waals surface area contributed by atoms with Crippen molar-refractivity contribution in [2.24, 2.45) is 45.8 Å². The third kappa shape index (κ3) is 2.16. The lowest BCUT2D eigenvalue weighted by Gasteiger charge is -2.50. The highest BCUT2D eigenvalue weighted by Gasteiger charge is 2.84. The smallest absolute Gasteiger partial charge is 0.155 e. The average Bonchev–Trinajstić information content (AvgIpc) is 3.06. The molecule has 2 heterocycles. The molecule has 176 valence electrons. The molecule has 11 atom stereocenters. The van der Waals surface area contributed by atoms with Crippen LogP contribution in [0.5, 0.6) is 0 Å². The molecule has 2 unspecified atom stereocenters. The molecule has 3 nitrogen and oxygen atoms in total. The van der Waals surface area contributed by atoms with Crippen molar-refractivity contribution in [2.45, 2.75) is 103 Å². The quantitative estimate of drug-likeness (QED) is 0.492. The number of nitrogens with zero attached hydrogens (tertiary/aromatic N) is 1. The Balaban J connectivity index is 1.24. The molecule has 3 heteroatoms. The normalized spacial score (nSPS) is 60.8. The Morgan fingerprint density at radius 3 is 2.72 bits per heavy atom. The van der Waals surface area contributed by atoms with Gasteiger partial charge in [0.25, 0.3) is 0 Å². The molecule has 4 saturated carbocycles. The molecule has 0 bridgehead atoms. The fourth-order valence-electron chi connectivity index (χ4n) is 11.6. The standard InChI is InChI=1S/C29H43NO2/c1-17-12-24-25(30(5)15-17)18(2)29(32-24)11-9-22-21-7-6-19-13-20(31)8-10-26(19,3)23(21)14-28(22)16-27(28,29)4/h13,17-18,21-25H,6-12,14-16H2,1-5H3/t17-,18+,21-,22-,23-,24+,25-,26-,27?,28?,29+/m0/s1. The van der Waals surface area contributed by atoms with Crippen molar-refractivity contribution in [3.05, 3.63) is 11.6 Å². The van der Waals surface area contributed by atoms with Crippen LogP contribution in [0.4, 0.5) is 0 Å². The summed E-state index contributed by atoms with van der Waals surface area (Å²) in [6.07, 6.45) is 13.6. The Labute approximate surface area is 194 Å². The van der Waals surface area contributed by atoms with Gasteiger partial charge in [0.1, 0.15) is 0 Å². The Morgan fingerprint density at radius 1 is 1.09 bits per heavy atom. The number of rotatable bonds is 0. The number of piperidine rings is 1. The third-order valence-corrected chi connectivity index (χ3v) is 13.0. The Bertz CT molecular complexity index is 911. The summed E-state index contributed by atoms with van der Waals surface area (Å²) in [6.45, 7) is 11.4. The minimum atomic E-state index is 0.0900. The molecule has 32 heavy (non-hydrogen) atoms. The number of hydrogen-bond acceptors (Lipinski definition) is 3. The molecule has 0 aromatic carbocycles. The maximum Gasteiger partial charge on any atom is 0.155 e. The fraction of sp³-hybridized carbons (Fsp3) is 0.897. The van der Waals surface area contributed by atoms with Crippen LogP contribution < -0.4 is 0 Å². The van der Waals surface area contributed by atoms with Gasteiger partial charge in [0.15, 0.2) is 5.78 Å². The highest BCUT2D eigenvalue weighted by molar-refractivity contribution is 5.91. The van der Waals surface area contributed by atoms with Crippen molar-refractivity contribution in [3.8, 4) is 0 Å². The maximum absolute atomic E-state index is 12.2.